The van der Waals surface area contributed by atoms with E-state index in [0.29, 0.717) is 23.2 Å². The SMILES string of the molecule is CNc1c(Cl)ncnc1NCCc1nn(C)c2ccccc12. The lowest BCUT2D eigenvalue weighted by molar-refractivity contribution is 0.764. The largest absolute Gasteiger partial charge is 0.383 e. The van der Waals surface area contributed by atoms with Crippen LogP contribution in [0.1, 0.15) is 5.69 Å². The molecule has 0 fully saturated rings. The van der Waals surface area contributed by atoms with Gasteiger partial charge in [-0.15, -0.1) is 0 Å². The van der Waals surface area contributed by atoms with Crippen LogP contribution in [-0.4, -0.2) is 33.3 Å². The van der Waals surface area contributed by atoms with E-state index in [-0.39, 0.29) is 0 Å². The van der Waals surface area contributed by atoms with Crippen molar-refractivity contribution in [2.75, 3.05) is 24.2 Å². The summed E-state index contributed by atoms with van der Waals surface area (Å²) in [5.41, 5.74) is 2.91. The quantitative estimate of drug-likeness (QED) is 0.708. The Morgan fingerprint density at radius 2 is 2.05 bits per heavy atom. The van der Waals surface area contributed by atoms with Crippen LogP contribution in [0.15, 0.2) is 30.6 Å². The van der Waals surface area contributed by atoms with Crippen LogP contribution in [0, 0.1) is 0 Å². The minimum atomic E-state index is 0.406. The molecule has 0 aliphatic heterocycles. The van der Waals surface area contributed by atoms with Crippen molar-refractivity contribution >= 4 is 34.0 Å². The highest BCUT2D eigenvalue weighted by atomic mass is 35.5. The molecule has 22 heavy (non-hydrogen) atoms. The molecule has 3 aromatic rings. The molecule has 0 unspecified atom stereocenters. The van der Waals surface area contributed by atoms with Crippen LogP contribution in [0.2, 0.25) is 5.15 Å². The normalized spacial score (nSPS) is 10.9. The van der Waals surface area contributed by atoms with Crippen molar-refractivity contribution in [3.8, 4) is 0 Å². The van der Waals surface area contributed by atoms with Gasteiger partial charge in [0.15, 0.2) is 11.0 Å². The van der Waals surface area contributed by atoms with E-state index in [1.54, 1.807) is 7.05 Å². The van der Waals surface area contributed by atoms with Crippen molar-refractivity contribution in [3.63, 3.8) is 0 Å². The van der Waals surface area contributed by atoms with Gasteiger partial charge in [0.25, 0.3) is 0 Å². The predicted octanol–water partition coefficient (Wildman–Crippen LogP) is 2.71. The number of halogens is 1. The number of hydrogen-bond donors (Lipinski definition) is 2. The van der Waals surface area contributed by atoms with Gasteiger partial charge in [-0.3, -0.25) is 4.68 Å². The van der Waals surface area contributed by atoms with Crippen molar-refractivity contribution in [2.45, 2.75) is 6.42 Å². The molecule has 1 aromatic carbocycles. The molecule has 0 amide bonds. The first-order chi connectivity index (χ1) is 10.7. The maximum Gasteiger partial charge on any atom is 0.157 e. The molecule has 2 heterocycles. The standard InChI is InChI=1S/C15H17ClN6/c1-17-13-14(16)19-9-20-15(13)18-8-7-11-10-5-3-4-6-12(10)22(2)21-11/h3-6,9,17H,7-8H2,1-2H3,(H,18,19,20). The van der Waals surface area contributed by atoms with Gasteiger partial charge in [-0.2, -0.15) is 5.10 Å². The summed E-state index contributed by atoms with van der Waals surface area (Å²) in [4.78, 5) is 8.17. The molecule has 0 aliphatic carbocycles. The van der Waals surface area contributed by atoms with Gasteiger partial charge in [0.1, 0.15) is 12.0 Å². The van der Waals surface area contributed by atoms with Crippen LogP contribution in [-0.2, 0) is 13.5 Å². The van der Waals surface area contributed by atoms with Crippen molar-refractivity contribution in [1.29, 1.82) is 0 Å². The van der Waals surface area contributed by atoms with Gasteiger partial charge in [-0.05, 0) is 6.07 Å². The van der Waals surface area contributed by atoms with Crippen molar-refractivity contribution in [1.82, 2.24) is 19.7 Å². The van der Waals surface area contributed by atoms with Gasteiger partial charge in [-0.25, -0.2) is 9.97 Å². The molecule has 0 atom stereocenters. The van der Waals surface area contributed by atoms with Gasteiger partial charge in [-0.1, -0.05) is 29.8 Å². The van der Waals surface area contributed by atoms with Gasteiger partial charge < -0.3 is 10.6 Å². The Kier molecular flexibility index (Phi) is 4.11. The molecule has 2 aromatic heterocycles. The number of nitrogens with one attached hydrogen (secondary N) is 2. The first-order valence-corrected chi connectivity index (χ1v) is 7.41. The molecule has 0 bridgehead atoms. The fourth-order valence-electron chi connectivity index (χ4n) is 2.49. The number of rotatable bonds is 5. The zero-order valence-electron chi connectivity index (χ0n) is 12.5. The third-order valence-electron chi connectivity index (χ3n) is 3.54. The Hall–Kier alpha value is -2.34. The molecule has 3 rings (SSSR count). The van der Waals surface area contributed by atoms with E-state index in [1.165, 1.54) is 11.7 Å². The summed E-state index contributed by atoms with van der Waals surface area (Å²) < 4.78 is 1.91. The number of hydrogen-bond acceptors (Lipinski definition) is 5. The highest BCUT2D eigenvalue weighted by Gasteiger charge is 2.10. The van der Waals surface area contributed by atoms with Crippen LogP contribution in [0.4, 0.5) is 11.5 Å². The number of aryl methyl sites for hydroxylation is 1. The summed E-state index contributed by atoms with van der Waals surface area (Å²) in [5.74, 6) is 0.697. The average molecular weight is 317 g/mol. The summed E-state index contributed by atoms with van der Waals surface area (Å²) in [7, 11) is 3.75. The zero-order valence-corrected chi connectivity index (χ0v) is 13.2. The summed E-state index contributed by atoms with van der Waals surface area (Å²) in [6, 6.07) is 8.22. The van der Waals surface area contributed by atoms with E-state index in [0.717, 1.165) is 17.6 Å². The minimum absolute atomic E-state index is 0.406. The Bertz CT molecular complexity index is 798. The third-order valence-corrected chi connectivity index (χ3v) is 3.83. The Labute approximate surface area is 133 Å². The van der Waals surface area contributed by atoms with Crippen LogP contribution in [0.3, 0.4) is 0 Å². The number of nitrogens with zero attached hydrogens (tertiary/aromatic N) is 4. The molecule has 0 saturated heterocycles. The maximum atomic E-state index is 6.04. The van der Waals surface area contributed by atoms with E-state index in [9.17, 15) is 0 Å². The van der Waals surface area contributed by atoms with Crippen molar-refractivity contribution in [2.24, 2.45) is 7.05 Å². The second-order valence-corrected chi connectivity index (χ2v) is 5.26. The van der Waals surface area contributed by atoms with E-state index in [2.05, 4.69) is 37.8 Å². The van der Waals surface area contributed by atoms with E-state index >= 15 is 0 Å². The average Bonchev–Trinajstić information content (AvgIpc) is 2.85. The highest BCUT2D eigenvalue weighted by Crippen LogP contribution is 2.25. The molecule has 0 radical (unpaired) electrons. The Balaban J connectivity index is 1.74. The molecule has 2 N–H and O–H groups in total. The smallest absolute Gasteiger partial charge is 0.157 e. The van der Waals surface area contributed by atoms with Gasteiger partial charge in [0.2, 0.25) is 0 Å². The third kappa shape index (κ3) is 2.69. The monoisotopic (exact) mass is 316 g/mol. The zero-order chi connectivity index (χ0) is 15.5. The molecular weight excluding hydrogens is 300 g/mol. The van der Waals surface area contributed by atoms with Crippen LogP contribution in [0.25, 0.3) is 10.9 Å². The second kappa shape index (κ2) is 6.19. The van der Waals surface area contributed by atoms with Crippen molar-refractivity contribution < 1.29 is 0 Å². The minimum Gasteiger partial charge on any atom is -0.383 e. The fourth-order valence-corrected chi connectivity index (χ4v) is 2.72. The van der Waals surface area contributed by atoms with Gasteiger partial charge in [0.05, 0.1) is 11.2 Å². The Morgan fingerprint density at radius 1 is 1.23 bits per heavy atom. The molecule has 0 saturated carbocycles. The summed E-state index contributed by atoms with van der Waals surface area (Å²) in [6.45, 7) is 0.711. The molecule has 0 aliphatic rings. The first kappa shape index (κ1) is 14.6. The number of anilines is 2. The summed E-state index contributed by atoms with van der Waals surface area (Å²) >= 11 is 6.04. The summed E-state index contributed by atoms with van der Waals surface area (Å²) in [6.07, 6.45) is 2.24. The highest BCUT2D eigenvalue weighted by molar-refractivity contribution is 6.32. The lowest BCUT2D eigenvalue weighted by Gasteiger charge is -2.10. The van der Waals surface area contributed by atoms with Crippen LogP contribution < -0.4 is 10.6 Å². The number of fused-ring (bicyclic) bond motifs is 1. The predicted molar refractivity (Wildman–Crippen MR) is 89.5 cm³/mol. The van der Waals surface area contributed by atoms with Crippen LogP contribution in [0.5, 0.6) is 0 Å². The lowest BCUT2D eigenvalue weighted by atomic mass is 10.1. The molecule has 6 nitrogen and oxygen atoms in total. The Morgan fingerprint density at radius 3 is 2.86 bits per heavy atom. The van der Waals surface area contributed by atoms with Gasteiger partial charge >= 0.3 is 0 Å². The maximum absolute atomic E-state index is 6.04. The van der Waals surface area contributed by atoms with Crippen molar-refractivity contribution in [3.05, 3.63) is 41.4 Å². The van der Waals surface area contributed by atoms with Crippen LogP contribution >= 0.6 is 11.6 Å². The number of benzene rings is 1. The molecule has 114 valence electrons. The number of para-hydroxylation sites is 1. The molecule has 0 spiro atoms. The van der Waals surface area contributed by atoms with E-state index < -0.39 is 0 Å². The van der Waals surface area contributed by atoms with E-state index in [1.807, 2.05) is 23.9 Å². The molecule has 7 heteroatoms. The number of aromatic nitrogens is 4. The fraction of sp³-hybridized carbons (Fsp3) is 0.267. The molecular formula is C15H17ClN6. The second-order valence-electron chi connectivity index (χ2n) is 4.90. The summed E-state index contributed by atoms with van der Waals surface area (Å²) in [5, 5.41) is 12.5. The first-order valence-electron chi connectivity index (χ1n) is 7.03. The topological polar surface area (TPSA) is 67.7 Å². The van der Waals surface area contributed by atoms with Gasteiger partial charge in [0, 0.05) is 32.4 Å². The van der Waals surface area contributed by atoms with E-state index in [4.69, 9.17) is 11.6 Å². The lowest BCUT2D eigenvalue weighted by Crippen LogP contribution is -2.10.